The molecule has 0 spiro atoms. The van der Waals surface area contributed by atoms with E-state index in [9.17, 15) is 14.8 Å². The second-order valence-electron chi connectivity index (χ2n) is 8.41. The van der Waals surface area contributed by atoms with E-state index in [1.54, 1.807) is 7.11 Å². The molecule has 2 aromatic carbocycles. The van der Waals surface area contributed by atoms with Gasteiger partial charge in [0.15, 0.2) is 23.2 Å². The Morgan fingerprint density at radius 3 is 2.75 bits per heavy atom. The Hall–Kier alpha value is -2.83. The van der Waals surface area contributed by atoms with Crippen LogP contribution in [0.25, 0.3) is 21.9 Å². The molecule has 0 radical (unpaired) electrons. The first-order valence-corrected chi connectivity index (χ1v) is 13.1. The number of halogens is 1. The number of aliphatic hydroxyl groups is 2. The monoisotopic (exact) mass is 535 g/mol. The fraction of sp³-hybridized carbons (Fsp3) is 0.318. The zero-order valence-electron chi connectivity index (χ0n) is 18.9. The molecule has 12 nitrogen and oxygen atoms in total. The Labute approximate surface area is 209 Å². The SMILES string of the molecule is COc1cccc2cc(Nc3nc(Cl)nc4c3ncn4C3OC(CCP(=O)(O)O)C(O)C3O)ccc12. The van der Waals surface area contributed by atoms with Gasteiger partial charge >= 0.3 is 7.60 Å². The van der Waals surface area contributed by atoms with Crippen molar-refractivity contribution in [2.45, 2.75) is 31.0 Å². The van der Waals surface area contributed by atoms with E-state index in [0.717, 1.165) is 16.5 Å². The summed E-state index contributed by atoms with van der Waals surface area (Å²) in [5.41, 5.74) is 1.30. The molecule has 1 fully saturated rings. The Kier molecular flexibility index (Phi) is 6.60. The number of aliphatic hydroxyl groups excluding tert-OH is 2. The predicted molar refractivity (Wildman–Crippen MR) is 132 cm³/mol. The first kappa shape index (κ1) is 24.8. The van der Waals surface area contributed by atoms with E-state index in [2.05, 4.69) is 20.3 Å². The molecule has 2 aromatic heterocycles. The molecule has 0 bridgehead atoms. The first-order valence-electron chi connectivity index (χ1n) is 10.9. The molecule has 3 heterocycles. The van der Waals surface area contributed by atoms with Crippen molar-refractivity contribution in [3.8, 4) is 5.75 Å². The third-order valence-corrected chi connectivity index (χ3v) is 7.04. The highest BCUT2D eigenvalue weighted by molar-refractivity contribution is 7.51. The lowest BCUT2D eigenvalue weighted by Crippen LogP contribution is -2.31. The van der Waals surface area contributed by atoms with E-state index in [0.29, 0.717) is 17.0 Å². The molecule has 4 aromatic rings. The van der Waals surface area contributed by atoms with Gasteiger partial charge in [-0.25, -0.2) is 4.98 Å². The number of ether oxygens (including phenoxy) is 2. The van der Waals surface area contributed by atoms with E-state index in [1.165, 1.54) is 10.9 Å². The number of imidazole rings is 1. The average molecular weight is 536 g/mol. The number of benzene rings is 2. The Balaban J connectivity index is 1.45. The maximum Gasteiger partial charge on any atom is 0.325 e. The van der Waals surface area contributed by atoms with Crippen molar-refractivity contribution in [3.05, 3.63) is 48.0 Å². The van der Waals surface area contributed by atoms with Crippen molar-refractivity contribution >= 4 is 52.6 Å². The van der Waals surface area contributed by atoms with Gasteiger partial charge in [-0.2, -0.15) is 9.97 Å². The van der Waals surface area contributed by atoms with Crippen LogP contribution >= 0.6 is 19.2 Å². The number of hydrogen-bond acceptors (Lipinski definition) is 9. The molecule has 14 heteroatoms. The van der Waals surface area contributed by atoms with Gasteiger partial charge in [0.05, 0.1) is 25.7 Å². The maximum absolute atomic E-state index is 11.2. The van der Waals surface area contributed by atoms with Gasteiger partial charge in [0, 0.05) is 11.1 Å². The Bertz CT molecular complexity index is 1480. The van der Waals surface area contributed by atoms with E-state index in [4.69, 9.17) is 30.9 Å². The second-order valence-corrected chi connectivity index (χ2v) is 10.5. The molecule has 5 rings (SSSR count). The predicted octanol–water partition coefficient (Wildman–Crippen LogP) is 2.57. The lowest BCUT2D eigenvalue weighted by Gasteiger charge is -2.17. The number of methoxy groups -OCH3 is 1. The number of rotatable bonds is 7. The summed E-state index contributed by atoms with van der Waals surface area (Å²) in [5, 5.41) is 26.0. The highest BCUT2D eigenvalue weighted by atomic mass is 35.5. The highest BCUT2D eigenvalue weighted by Gasteiger charge is 2.44. The van der Waals surface area contributed by atoms with E-state index < -0.39 is 38.3 Å². The lowest BCUT2D eigenvalue weighted by molar-refractivity contribution is -0.0355. The standard InChI is InChI=1S/C22H23ClN5O7P/c1-34-14-4-2-3-11-9-12(5-6-13(11)14)25-19-16-20(27-22(23)26-19)28(10-24-16)21-18(30)17(29)15(35-21)7-8-36(31,32)33/h2-6,9-10,15,17-18,21,29-30H,7-8H2,1H3,(H,25,26,27)(H2,31,32,33). The normalized spacial score (nSPS) is 22.4. The minimum atomic E-state index is -4.30. The summed E-state index contributed by atoms with van der Waals surface area (Å²) in [7, 11) is -2.68. The zero-order valence-corrected chi connectivity index (χ0v) is 20.5. The van der Waals surface area contributed by atoms with Crippen LogP contribution in [-0.2, 0) is 9.30 Å². The maximum atomic E-state index is 11.2. The molecule has 0 amide bonds. The summed E-state index contributed by atoms with van der Waals surface area (Å²) in [6.07, 6.45) is -4.08. The van der Waals surface area contributed by atoms with Crippen molar-refractivity contribution in [2.24, 2.45) is 0 Å². The molecule has 4 atom stereocenters. The summed E-state index contributed by atoms with van der Waals surface area (Å²) >= 11 is 6.19. The molecule has 5 N–H and O–H groups in total. The minimum Gasteiger partial charge on any atom is -0.496 e. The number of fused-ring (bicyclic) bond motifs is 2. The number of anilines is 2. The minimum absolute atomic E-state index is 0.0831. The fourth-order valence-electron chi connectivity index (χ4n) is 4.30. The van der Waals surface area contributed by atoms with Crippen molar-refractivity contribution in [1.29, 1.82) is 0 Å². The second kappa shape index (κ2) is 9.56. The van der Waals surface area contributed by atoms with Gasteiger partial charge in [-0.3, -0.25) is 9.13 Å². The van der Waals surface area contributed by atoms with Gasteiger partial charge in [-0.05, 0) is 47.7 Å². The van der Waals surface area contributed by atoms with Crippen LogP contribution in [0, 0.1) is 0 Å². The van der Waals surface area contributed by atoms with E-state index in [1.807, 2.05) is 36.4 Å². The smallest absolute Gasteiger partial charge is 0.325 e. The van der Waals surface area contributed by atoms with Gasteiger partial charge in [-0.1, -0.05) is 12.1 Å². The van der Waals surface area contributed by atoms with Crippen LogP contribution in [0.1, 0.15) is 12.6 Å². The summed E-state index contributed by atoms with van der Waals surface area (Å²) in [5.74, 6) is 1.07. The third-order valence-electron chi connectivity index (χ3n) is 6.03. The molecule has 1 saturated heterocycles. The number of nitrogens with zero attached hydrogens (tertiary/aromatic N) is 4. The quantitative estimate of drug-likeness (QED) is 0.174. The molecule has 190 valence electrons. The van der Waals surface area contributed by atoms with Crippen molar-refractivity contribution in [3.63, 3.8) is 0 Å². The van der Waals surface area contributed by atoms with Crippen LogP contribution in [0.15, 0.2) is 42.7 Å². The topological polar surface area (TPSA) is 172 Å². The molecular formula is C22H23ClN5O7P. The average Bonchev–Trinajstić information content (AvgIpc) is 3.37. The number of nitrogens with one attached hydrogen (secondary N) is 1. The lowest BCUT2D eigenvalue weighted by atomic mass is 10.1. The summed E-state index contributed by atoms with van der Waals surface area (Å²) in [6, 6.07) is 11.4. The van der Waals surface area contributed by atoms with Gasteiger partial charge in [-0.15, -0.1) is 0 Å². The molecule has 36 heavy (non-hydrogen) atoms. The summed E-state index contributed by atoms with van der Waals surface area (Å²) in [6.45, 7) is 0. The third kappa shape index (κ3) is 4.76. The summed E-state index contributed by atoms with van der Waals surface area (Å²) < 4.78 is 23.8. The number of aromatic nitrogens is 4. The Morgan fingerprint density at radius 2 is 2.00 bits per heavy atom. The highest BCUT2D eigenvalue weighted by Crippen LogP contribution is 2.40. The van der Waals surface area contributed by atoms with Gasteiger partial charge in [0.1, 0.15) is 18.0 Å². The zero-order chi connectivity index (χ0) is 25.6. The molecule has 1 aliphatic heterocycles. The molecule has 4 unspecified atom stereocenters. The largest absolute Gasteiger partial charge is 0.496 e. The molecule has 0 aliphatic carbocycles. The fourth-order valence-corrected chi connectivity index (χ4v) is 5.06. The molecule has 1 aliphatic rings. The number of hydrogen-bond donors (Lipinski definition) is 5. The van der Waals surface area contributed by atoms with Gasteiger partial charge < -0.3 is 34.8 Å². The van der Waals surface area contributed by atoms with Crippen LogP contribution in [-0.4, -0.2) is 71.1 Å². The molecule has 0 saturated carbocycles. The van der Waals surface area contributed by atoms with Crippen LogP contribution in [0.5, 0.6) is 5.75 Å². The van der Waals surface area contributed by atoms with E-state index >= 15 is 0 Å². The van der Waals surface area contributed by atoms with Crippen molar-refractivity contribution < 1.29 is 34.0 Å². The van der Waals surface area contributed by atoms with E-state index in [-0.39, 0.29) is 17.4 Å². The molecular weight excluding hydrogens is 513 g/mol. The van der Waals surface area contributed by atoms with Crippen LogP contribution in [0.3, 0.4) is 0 Å². The van der Waals surface area contributed by atoms with Gasteiger partial charge in [0.25, 0.3) is 0 Å². The summed E-state index contributed by atoms with van der Waals surface area (Å²) in [4.78, 5) is 31.1. The first-order chi connectivity index (χ1) is 17.1. The van der Waals surface area contributed by atoms with Crippen LogP contribution in [0.2, 0.25) is 5.28 Å². The van der Waals surface area contributed by atoms with Crippen LogP contribution < -0.4 is 10.1 Å². The van der Waals surface area contributed by atoms with Crippen molar-refractivity contribution in [2.75, 3.05) is 18.6 Å². The van der Waals surface area contributed by atoms with Crippen LogP contribution in [0.4, 0.5) is 11.5 Å². The van der Waals surface area contributed by atoms with Gasteiger partial charge in [0.2, 0.25) is 5.28 Å². The Morgan fingerprint density at radius 1 is 1.19 bits per heavy atom. The van der Waals surface area contributed by atoms with Crippen molar-refractivity contribution in [1.82, 2.24) is 19.5 Å².